The van der Waals surface area contributed by atoms with Crippen LogP contribution in [0.2, 0.25) is 0 Å². The number of urea groups is 1. The van der Waals surface area contributed by atoms with Crippen molar-refractivity contribution in [2.24, 2.45) is 0 Å². The number of nitrogens with zero attached hydrogens (tertiary/aromatic N) is 5. The fraction of sp³-hybridized carbons (Fsp3) is 0.222. The number of aromatic nitrogens is 4. The number of aryl methyl sites for hydroxylation is 1. The van der Waals surface area contributed by atoms with Gasteiger partial charge >= 0.3 is 12.6 Å². The van der Waals surface area contributed by atoms with Gasteiger partial charge in [0.05, 0.1) is 5.69 Å². The Morgan fingerprint density at radius 2 is 2.00 bits per heavy atom. The summed E-state index contributed by atoms with van der Waals surface area (Å²) in [6.45, 7) is -0.658. The lowest BCUT2D eigenvalue weighted by Gasteiger charge is -2.19. The van der Waals surface area contributed by atoms with Crippen LogP contribution in [0.15, 0.2) is 48.8 Å². The number of carbonyl (C=O) groups is 1. The molecule has 28 heavy (non-hydrogen) atoms. The fourth-order valence-electron chi connectivity index (χ4n) is 2.55. The van der Waals surface area contributed by atoms with Crippen molar-refractivity contribution in [1.82, 2.24) is 25.1 Å². The summed E-state index contributed by atoms with van der Waals surface area (Å²) in [5.41, 5.74) is 3.07. The Morgan fingerprint density at radius 3 is 2.64 bits per heavy atom. The lowest BCUT2D eigenvalue weighted by Crippen LogP contribution is -2.30. The van der Waals surface area contributed by atoms with Gasteiger partial charge in [0.1, 0.15) is 12.1 Å². The molecule has 0 atom stereocenters. The minimum atomic E-state index is -2.87. The molecular formula is C18H18F2N6O2. The number of rotatable bonds is 6. The minimum absolute atomic E-state index is 0.0700. The molecule has 2 aromatic carbocycles. The van der Waals surface area contributed by atoms with Gasteiger partial charge in [0.2, 0.25) is 0 Å². The van der Waals surface area contributed by atoms with Crippen LogP contribution in [-0.4, -0.2) is 44.8 Å². The van der Waals surface area contributed by atoms with Crippen molar-refractivity contribution in [2.45, 2.75) is 20.1 Å². The van der Waals surface area contributed by atoms with Crippen molar-refractivity contribution in [3.05, 3.63) is 59.9 Å². The minimum Gasteiger partial charge on any atom is -0.435 e. The molecule has 0 aliphatic rings. The third-order valence-corrected chi connectivity index (χ3v) is 3.97. The van der Waals surface area contributed by atoms with Crippen LogP contribution in [0, 0.1) is 6.92 Å². The quantitative estimate of drug-likeness (QED) is 0.701. The first-order valence-corrected chi connectivity index (χ1v) is 8.32. The summed E-state index contributed by atoms with van der Waals surface area (Å²) in [5.74, 6) is 0.0700. The molecule has 0 bridgehead atoms. The molecule has 1 N–H and O–H groups in total. The Bertz CT molecular complexity index is 932. The molecule has 8 nitrogen and oxygen atoms in total. The van der Waals surface area contributed by atoms with E-state index in [-0.39, 0.29) is 11.8 Å². The SMILES string of the molecule is Cc1ccc(NC(=O)N(C)Cc2ccc(OC(F)F)cc2)cc1-n1cnnn1. The second kappa shape index (κ2) is 8.42. The van der Waals surface area contributed by atoms with Crippen LogP contribution in [0.4, 0.5) is 19.3 Å². The summed E-state index contributed by atoms with van der Waals surface area (Å²) in [6, 6.07) is 11.2. The average molecular weight is 388 g/mol. The monoisotopic (exact) mass is 388 g/mol. The molecule has 3 rings (SSSR count). The van der Waals surface area contributed by atoms with Gasteiger partial charge in [-0.25, -0.2) is 9.48 Å². The van der Waals surface area contributed by atoms with Crippen molar-refractivity contribution >= 4 is 11.7 Å². The van der Waals surface area contributed by atoms with E-state index in [1.165, 1.54) is 28.0 Å². The highest BCUT2D eigenvalue weighted by atomic mass is 19.3. The number of amides is 2. The summed E-state index contributed by atoms with van der Waals surface area (Å²) in [5, 5.41) is 13.9. The van der Waals surface area contributed by atoms with E-state index < -0.39 is 6.61 Å². The lowest BCUT2D eigenvalue weighted by molar-refractivity contribution is -0.0498. The smallest absolute Gasteiger partial charge is 0.387 e. The van der Waals surface area contributed by atoms with Gasteiger partial charge in [0.15, 0.2) is 0 Å². The Kier molecular flexibility index (Phi) is 5.78. The number of nitrogens with one attached hydrogen (secondary N) is 1. The van der Waals surface area contributed by atoms with Gasteiger partial charge in [0, 0.05) is 19.3 Å². The number of halogens is 2. The molecule has 0 fully saturated rings. The van der Waals surface area contributed by atoms with Gasteiger partial charge in [0.25, 0.3) is 0 Å². The van der Waals surface area contributed by atoms with E-state index in [1.54, 1.807) is 31.3 Å². The molecule has 1 aromatic heterocycles. The second-order valence-electron chi connectivity index (χ2n) is 6.06. The number of ether oxygens (including phenoxy) is 1. The van der Waals surface area contributed by atoms with E-state index in [9.17, 15) is 13.6 Å². The lowest BCUT2D eigenvalue weighted by atomic mass is 10.2. The van der Waals surface area contributed by atoms with Gasteiger partial charge in [-0.15, -0.1) is 5.10 Å². The van der Waals surface area contributed by atoms with Crippen molar-refractivity contribution in [1.29, 1.82) is 0 Å². The van der Waals surface area contributed by atoms with Gasteiger partial charge in [-0.3, -0.25) is 0 Å². The molecule has 0 aliphatic heterocycles. The molecule has 0 radical (unpaired) electrons. The van der Waals surface area contributed by atoms with Crippen LogP contribution in [0.3, 0.4) is 0 Å². The molecule has 10 heteroatoms. The molecule has 2 amide bonds. The molecule has 1 heterocycles. The van der Waals surface area contributed by atoms with E-state index >= 15 is 0 Å². The van der Waals surface area contributed by atoms with Crippen molar-refractivity contribution in [3.8, 4) is 11.4 Å². The molecular weight excluding hydrogens is 370 g/mol. The molecule has 0 unspecified atom stereocenters. The largest absolute Gasteiger partial charge is 0.435 e. The Hall–Kier alpha value is -3.56. The maximum atomic E-state index is 12.5. The number of tetrazole rings is 1. The first-order valence-electron chi connectivity index (χ1n) is 8.32. The summed E-state index contributed by atoms with van der Waals surface area (Å²) in [4.78, 5) is 13.9. The summed E-state index contributed by atoms with van der Waals surface area (Å²) >= 11 is 0. The maximum Gasteiger partial charge on any atom is 0.387 e. The number of hydrogen-bond donors (Lipinski definition) is 1. The molecule has 0 saturated carbocycles. The standard InChI is InChI=1S/C18H18F2N6O2/c1-12-3-6-14(9-16(12)26-11-21-23-24-26)22-18(27)25(2)10-13-4-7-15(8-5-13)28-17(19)20/h3-9,11,17H,10H2,1-2H3,(H,22,27). The highest BCUT2D eigenvalue weighted by Gasteiger charge is 2.12. The third-order valence-electron chi connectivity index (χ3n) is 3.97. The number of anilines is 1. The van der Waals surface area contributed by atoms with Crippen molar-refractivity contribution in [3.63, 3.8) is 0 Å². The predicted molar refractivity (Wildman–Crippen MR) is 97.5 cm³/mol. The zero-order valence-corrected chi connectivity index (χ0v) is 15.2. The maximum absolute atomic E-state index is 12.5. The summed E-state index contributed by atoms with van der Waals surface area (Å²) < 4.78 is 30.2. The van der Waals surface area contributed by atoms with Crippen LogP contribution in [-0.2, 0) is 6.54 Å². The normalized spacial score (nSPS) is 10.8. The van der Waals surface area contributed by atoms with Crippen LogP contribution in [0.5, 0.6) is 5.75 Å². The topological polar surface area (TPSA) is 85.2 Å². The van der Waals surface area contributed by atoms with Crippen LogP contribution in [0.25, 0.3) is 5.69 Å². The van der Waals surface area contributed by atoms with E-state index in [4.69, 9.17) is 0 Å². The first kappa shape index (κ1) is 19.2. The highest BCUT2D eigenvalue weighted by molar-refractivity contribution is 5.89. The van der Waals surface area contributed by atoms with Gasteiger partial charge in [-0.1, -0.05) is 18.2 Å². The second-order valence-corrected chi connectivity index (χ2v) is 6.06. The number of carbonyl (C=O) groups excluding carboxylic acids is 1. The molecule has 0 aliphatic carbocycles. The van der Waals surface area contributed by atoms with Crippen molar-refractivity contribution < 1.29 is 18.3 Å². The number of hydrogen-bond acceptors (Lipinski definition) is 5. The van der Waals surface area contributed by atoms with Crippen LogP contribution >= 0.6 is 0 Å². The van der Waals surface area contributed by atoms with Gasteiger partial charge in [-0.05, 0) is 52.7 Å². The fourth-order valence-corrected chi connectivity index (χ4v) is 2.55. The van der Waals surface area contributed by atoms with E-state index in [0.717, 1.165) is 16.8 Å². The first-order chi connectivity index (χ1) is 13.4. The molecule has 0 spiro atoms. The van der Waals surface area contributed by atoms with E-state index in [2.05, 4.69) is 25.6 Å². The summed E-state index contributed by atoms with van der Waals surface area (Å²) in [7, 11) is 1.63. The van der Waals surface area contributed by atoms with Gasteiger partial charge < -0.3 is 15.0 Å². The van der Waals surface area contributed by atoms with Crippen LogP contribution < -0.4 is 10.1 Å². The Labute approximate surface area is 159 Å². The third kappa shape index (κ3) is 4.78. The van der Waals surface area contributed by atoms with Gasteiger partial charge in [-0.2, -0.15) is 8.78 Å². The van der Waals surface area contributed by atoms with E-state index in [1.807, 2.05) is 13.0 Å². The zero-order valence-electron chi connectivity index (χ0n) is 15.2. The zero-order chi connectivity index (χ0) is 20.1. The number of alkyl halides is 2. The highest BCUT2D eigenvalue weighted by Crippen LogP contribution is 2.19. The van der Waals surface area contributed by atoms with Crippen molar-refractivity contribution in [2.75, 3.05) is 12.4 Å². The molecule has 3 aromatic rings. The Balaban J connectivity index is 1.63. The summed E-state index contributed by atoms with van der Waals surface area (Å²) in [6.07, 6.45) is 1.47. The van der Waals surface area contributed by atoms with Crippen LogP contribution in [0.1, 0.15) is 11.1 Å². The Morgan fingerprint density at radius 1 is 1.25 bits per heavy atom. The van der Waals surface area contributed by atoms with E-state index in [0.29, 0.717) is 12.2 Å². The number of benzene rings is 2. The molecule has 0 saturated heterocycles. The average Bonchev–Trinajstić information content (AvgIpc) is 3.19. The predicted octanol–water partition coefficient (Wildman–Crippen LogP) is 3.24. The molecule has 146 valence electrons.